The molecular formula is C25H28O2Si. The molecule has 0 bridgehead atoms. The Kier molecular flexibility index (Phi) is 4.90. The molecule has 0 aromatic heterocycles. The van der Waals surface area contributed by atoms with Gasteiger partial charge in [0.1, 0.15) is 5.76 Å². The minimum absolute atomic E-state index is 0.321. The smallest absolute Gasteiger partial charge is 0.188 e. The Labute approximate surface area is 168 Å². The molecule has 0 aliphatic heterocycles. The third-order valence-electron chi connectivity index (χ3n) is 5.23. The number of hydrogen-bond donors (Lipinski definition) is 0. The third-order valence-corrected chi connectivity index (χ3v) is 6.22. The number of fused-ring (bicyclic) bond motifs is 2. The van der Waals surface area contributed by atoms with Gasteiger partial charge in [0, 0.05) is 5.57 Å². The largest absolute Gasteiger partial charge is 0.468 e. The summed E-state index contributed by atoms with van der Waals surface area (Å²) in [5.74, 6) is 0.943. The number of rotatable bonds is 5. The van der Waals surface area contributed by atoms with Crippen LogP contribution in [-0.2, 0) is 9.16 Å². The Morgan fingerprint density at radius 3 is 2.54 bits per heavy atom. The van der Waals surface area contributed by atoms with Crippen LogP contribution in [0.2, 0.25) is 19.6 Å². The molecule has 0 N–H and O–H groups in total. The topological polar surface area (TPSA) is 18.5 Å². The fraction of sp³-hybridized carbons (Fsp3) is 0.280. The summed E-state index contributed by atoms with van der Waals surface area (Å²) in [6.07, 6.45) is 7.51. The van der Waals surface area contributed by atoms with E-state index in [-0.39, 0.29) is 0 Å². The molecule has 0 spiro atoms. The lowest BCUT2D eigenvalue weighted by molar-refractivity contribution is 0.0628. The van der Waals surface area contributed by atoms with E-state index in [4.69, 9.17) is 9.16 Å². The van der Waals surface area contributed by atoms with Gasteiger partial charge in [-0.15, -0.1) is 0 Å². The van der Waals surface area contributed by atoms with Gasteiger partial charge in [0.25, 0.3) is 0 Å². The van der Waals surface area contributed by atoms with Gasteiger partial charge in [0.2, 0.25) is 0 Å². The number of hydrogen-bond acceptors (Lipinski definition) is 2. The summed E-state index contributed by atoms with van der Waals surface area (Å²) in [5, 5.41) is 5.22. The Balaban J connectivity index is 1.89. The molecule has 2 nitrogen and oxygen atoms in total. The van der Waals surface area contributed by atoms with Gasteiger partial charge >= 0.3 is 0 Å². The van der Waals surface area contributed by atoms with Crippen LogP contribution in [0.15, 0.2) is 54.3 Å². The lowest BCUT2D eigenvalue weighted by Crippen LogP contribution is -2.26. The lowest BCUT2D eigenvalue weighted by atomic mass is 9.93. The molecule has 0 radical (unpaired) electrons. The van der Waals surface area contributed by atoms with Crippen molar-refractivity contribution in [1.82, 2.24) is 0 Å². The molecule has 144 valence electrons. The van der Waals surface area contributed by atoms with E-state index in [1.165, 1.54) is 43.1 Å². The first kappa shape index (κ1) is 19.0. The van der Waals surface area contributed by atoms with Gasteiger partial charge in [0.15, 0.2) is 15.1 Å². The SMILES string of the molecule is CC(C)=c1ccc2c(c1C1=C(OCO[Si](C)(C)C)C=CC1)C=c1ccccc1=2. The molecule has 0 saturated carbocycles. The van der Waals surface area contributed by atoms with Crippen LogP contribution >= 0.6 is 0 Å². The zero-order valence-electron chi connectivity index (χ0n) is 17.4. The average Bonchev–Trinajstić information content (AvgIpc) is 3.23. The van der Waals surface area contributed by atoms with E-state index in [1.807, 2.05) is 0 Å². The van der Waals surface area contributed by atoms with Crippen molar-refractivity contribution in [3.63, 3.8) is 0 Å². The fourth-order valence-corrected chi connectivity index (χ4v) is 4.30. The van der Waals surface area contributed by atoms with Gasteiger partial charge in [-0.05, 0) is 84.1 Å². The molecule has 2 aromatic rings. The predicted octanol–water partition coefficient (Wildman–Crippen LogP) is 4.80. The summed E-state index contributed by atoms with van der Waals surface area (Å²) in [4.78, 5) is 0. The van der Waals surface area contributed by atoms with Crippen molar-refractivity contribution in [2.75, 3.05) is 6.79 Å². The molecule has 4 rings (SSSR count). The molecule has 28 heavy (non-hydrogen) atoms. The van der Waals surface area contributed by atoms with E-state index >= 15 is 0 Å². The number of ether oxygens (including phenoxy) is 1. The van der Waals surface area contributed by atoms with Crippen LogP contribution in [0.4, 0.5) is 0 Å². The zero-order chi connectivity index (χ0) is 19.9. The second-order valence-electron chi connectivity index (χ2n) is 8.65. The van der Waals surface area contributed by atoms with Crippen molar-refractivity contribution < 1.29 is 9.16 Å². The van der Waals surface area contributed by atoms with Gasteiger partial charge in [-0.2, -0.15) is 0 Å². The van der Waals surface area contributed by atoms with E-state index in [0.717, 1.165) is 12.2 Å². The summed E-state index contributed by atoms with van der Waals surface area (Å²) < 4.78 is 12.0. The molecule has 3 heteroatoms. The Bertz CT molecular complexity index is 1210. The molecule has 0 saturated heterocycles. The maximum atomic E-state index is 6.10. The van der Waals surface area contributed by atoms with E-state index in [0.29, 0.717) is 6.79 Å². The summed E-state index contributed by atoms with van der Waals surface area (Å²) in [5.41, 5.74) is 5.20. The molecule has 2 aliphatic carbocycles. The van der Waals surface area contributed by atoms with Crippen LogP contribution in [0, 0.1) is 10.4 Å². The normalized spacial score (nSPS) is 14.8. The molecule has 0 heterocycles. The van der Waals surface area contributed by atoms with Crippen molar-refractivity contribution in [1.29, 1.82) is 0 Å². The van der Waals surface area contributed by atoms with Gasteiger partial charge in [-0.25, -0.2) is 0 Å². The minimum Gasteiger partial charge on any atom is -0.468 e. The molecule has 0 unspecified atom stereocenters. The van der Waals surface area contributed by atoms with Crippen molar-refractivity contribution >= 4 is 25.5 Å². The van der Waals surface area contributed by atoms with E-state index < -0.39 is 8.32 Å². The maximum absolute atomic E-state index is 6.10. The molecular weight excluding hydrogens is 360 g/mol. The maximum Gasteiger partial charge on any atom is 0.188 e. The third kappa shape index (κ3) is 3.52. The fourth-order valence-electron chi connectivity index (χ4n) is 3.88. The second kappa shape index (κ2) is 7.23. The highest BCUT2D eigenvalue weighted by Crippen LogP contribution is 2.32. The van der Waals surface area contributed by atoms with Crippen LogP contribution in [0.5, 0.6) is 0 Å². The molecule has 2 aromatic carbocycles. The van der Waals surface area contributed by atoms with Crippen LogP contribution in [0.1, 0.15) is 31.4 Å². The second-order valence-corrected chi connectivity index (χ2v) is 13.2. The molecule has 0 amide bonds. The van der Waals surface area contributed by atoms with E-state index in [2.05, 4.69) is 88.1 Å². The average molecular weight is 389 g/mol. The zero-order valence-corrected chi connectivity index (χ0v) is 18.4. The summed E-state index contributed by atoms with van der Waals surface area (Å²) >= 11 is 0. The predicted molar refractivity (Wildman–Crippen MR) is 119 cm³/mol. The van der Waals surface area contributed by atoms with Crippen molar-refractivity contribution in [2.24, 2.45) is 0 Å². The first-order valence-corrected chi connectivity index (χ1v) is 13.3. The Hall–Kier alpha value is -2.36. The van der Waals surface area contributed by atoms with Gasteiger partial charge in [0.05, 0.1) is 0 Å². The van der Waals surface area contributed by atoms with Crippen LogP contribution in [0.3, 0.4) is 0 Å². The van der Waals surface area contributed by atoms with Gasteiger partial charge in [-0.3, -0.25) is 0 Å². The molecule has 2 aliphatic rings. The summed E-state index contributed by atoms with van der Waals surface area (Å²) in [6.45, 7) is 11.2. The highest BCUT2D eigenvalue weighted by Gasteiger charge is 2.20. The Morgan fingerprint density at radius 2 is 1.79 bits per heavy atom. The van der Waals surface area contributed by atoms with Gasteiger partial charge < -0.3 is 9.16 Å². The monoisotopic (exact) mass is 388 g/mol. The first-order valence-electron chi connectivity index (χ1n) is 9.93. The number of benzene rings is 2. The minimum atomic E-state index is -1.60. The highest BCUT2D eigenvalue weighted by atomic mass is 28.4. The van der Waals surface area contributed by atoms with Gasteiger partial charge in [-0.1, -0.05) is 48.0 Å². The van der Waals surface area contributed by atoms with Crippen LogP contribution in [-0.4, -0.2) is 15.1 Å². The lowest BCUT2D eigenvalue weighted by Gasteiger charge is -2.19. The summed E-state index contributed by atoms with van der Waals surface area (Å²) in [7, 11) is -1.60. The van der Waals surface area contributed by atoms with Crippen LogP contribution in [0.25, 0.3) is 17.2 Å². The van der Waals surface area contributed by atoms with Crippen LogP contribution < -0.4 is 10.4 Å². The molecule has 0 atom stereocenters. The molecule has 0 fully saturated rings. The van der Waals surface area contributed by atoms with Crippen molar-refractivity contribution in [3.8, 4) is 0 Å². The first-order chi connectivity index (χ1) is 13.3. The van der Waals surface area contributed by atoms with Crippen molar-refractivity contribution in [2.45, 2.75) is 39.9 Å². The highest BCUT2D eigenvalue weighted by molar-refractivity contribution is 6.69. The van der Waals surface area contributed by atoms with E-state index in [1.54, 1.807) is 0 Å². The number of allylic oxidation sites excluding steroid dienone is 3. The standard InChI is InChI=1S/C25H28O2Si/c1-17(2)19-13-14-21-20-10-7-6-9-18(20)15-23(21)25(19)22-11-8-12-24(22)26-16-27-28(3,4)5/h6-10,12-15H,11,16H2,1-5H3. The Morgan fingerprint density at radius 1 is 1.00 bits per heavy atom. The van der Waals surface area contributed by atoms with Crippen molar-refractivity contribution in [3.05, 3.63) is 86.3 Å². The quantitative estimate of drug-likeness (QED) is 0.462. The summed E-state index contributed by atoms with van der Waals surface area (Å²) in [6, 6.07) is 13.2. The van der Waals surface area contributed by atoms with E-state index in [9.17, 15) is 0 Å².